The summed E-state index contributed by atoms with van der Waals surface area (Å²) in [5, 5.41) is 3.06. The lowest BCUT2D eigenvalue weighted by Gasteiger charge is -2.02. The number of hydrazine groups is 1. The van der Waals surface area contributed by atoms with Gasteiger partial charge in [0.2, 0.25) is 0 Å². The predicted molar refractivity (Wildman–Crippen MR) is 34.4 cm³/mol. The van der Waals surface area contributed by atoms with Gasteiger partial charge in [-0.1, -0.05) is 0 Å². The van der Waals surface area contributed by atoms with Crippen molar-refractivity contribution in [1.82, 2.24) is 16.2 Å². The molecule has 1 atom stereocenters. The van der Waals surface area contributed by atoms with Gasteiger partial charge in [-0.3, -0.25) is 5.32 Å². The van der Waals surface area contributed by atoms with Crippen LogP contribution in [0, 0.1) is 0 Å². The van der Waals surface area contributed by atoms with Gasteiger partial charge in [-0.25, -0.2) is 10.9 Å². The minimum absolute atomic E-state index is 0. The van der Waals surface area contributed by atoms with Gasteiger partial charge in [-0.15, -0.1) is 12.4 Å². The first kappa shape index (κ1) is 8.13. The second-order valence-electron chi connectivity index (χ2n) is 1.49. The first-order valence-electron chi connectivity index (χ1n) is 2.35. The van der Waals surface area contributed by atoms with Crippen molar-refractivity contribution in [3.05, 3.63) is 0 Å². The molecule has 1 aliphatic rings. The van der Waals surface area contributed by atoms with Crippen LogP contribution in [0.3, 0.4) is 0 Å². The average Bonchev–Trinajstić information content (AvgIpc) is 2.14. The molecule has 0 amide bonds. The summed E-state index contributed by atoms with van der Waals surface area (Å²) in [6, 6.07) is 0. The second kappa shape index (κ2) is 4.05. The quantitative estimate of drug-likeness (QED) is 0.351. The zero-order valence-electron chi connectivity index (χ0n) is 4.48. The Hall–Kier alpha value is 0.130. The molecular formula is C3H11ClN4. The number of nitrogens with one attached hydrogen (secondary N) is 3. The van der Waals surface area contributed by atoms with Crippen molar-refractivity contribution < 1.29 is 0 Å². The first-order chi connectivity index (χ1) is 3.43. The van der Waals surface area contributed by atoms with Gasteiger partial charge >= 0.3 is 0 Å². The van der Waals surface area contributed by atoms with Crippen LogP contribution in [0.25, 0.3) is 0 Å². The van der Waals surface area contributed by atoms with Crippen LogP contribution in [0.2, 0.25) is 0 Å². The summed E-state index contributed by atoms with van der Waals surface area (Å²) in [5.74, 6) is 0. The van der Waals surface area contributed by atoms with Crippen LogP contribution in [0.1, 0.15) is 0 Å². The average molecular weight is 139 g/mol. The Labute approximate surface area is 54.6 Å². The van der Waals surface area contributed by atoms with E-state index in [9.17, 15) is 0 Å². The predicted octanol–water partition coefficient (Wildman–Crippen LogP) is -1.65. The van der Waals surface area contributed by atoms with Crippen LogP contribution in [0.15, 0.2) is 0 Å². The maximum Gasteiger partial charge on any atom is 0.0838 e. The molecule has 1 saturated heterocycles. The van der Waals surface area contributed by atoms with E-state index in [1.807, 2.05) is 0 Å². The molecule has 0 radical (unpaired) electrons. The summed E-state index contributed by atoms with van der Waals surface area (Å²) in [6.07, 6.45) is 0.264. The number of rotatable bonds is 1. The summed E-state index contributed by atoms with van der Waals surface area (Å²) < 4.78 is 0. The number of nitrogens with two attached hydrogens (primary N) is 1. The van der Waals surface area contributed by atoms with Crippen LogP contribution < -0.4 is 21.9 Å². The topological polar surface area (TPSA) is 62.1 Å². The van der Waals surface area contributed by atoms with E-state index in [1.54, 1.807) is 0 Å². The van der Waals surface area contributed by atoms with E-state index in [0.717, 1.165) is 6.67 Å². The van der Waals surface area contributed by atoms with Crippen molar-refractivity contribution in [1.29, 1.82) is 0 Å². The first-order valence-corrected chi connectivity index (χ1v) is 2.35. The van der Waals surface area contributed by atoms with E-state index in [2.05, 4.69) is 16.2 Å². The molecule has 5 heteroatoms. The smallest absolute Gasteiger partial charge is 0.0838 e. The molecule has 1 aliphatic heterocycles. The molecule has 0 aliphatic carbocycles. The Morgan fingerprint density at radius 1 is 1.62 bits per heavy atom. The summed E-state index contributed by atoms with van der Waals surface area (Å²) in [5.41, 5.74) is 11.1. The SMILES string of the molecule is Cl.NCC1NCNN1. The van der Waals surface area contributed by atoms with Crippen LogP contribution in [0.5, 0.6) is 0 Å². The van der Waals surface area contributed by atoms with Crippen LogP contribution in [-0.2, 0) is 0 Å². The van der Waals surface area contributed by atoms with E-state index in [4.69, 9.17) is 5.73 Å². The van der Waals surface area contributed by atoms with E-state index >= 15 is 0 Å². The molecule has 0 spiro atoms. The lowest BCUT2D eigenvalue weighted by atomic mass is 10.5. The Bertz CT molecular complexity index is 53.2. The van der Waals surface area contributed by atoms with Gasteiger partial charge in [0, 0.05) is 6.54 Å². The fourth-order valence-electron chi connectivity index (χ4n) is 0.542. The van der Waals surface area contributed by atoms with E-state index < -0.39 is 0 Å². The molecule has 4 nitrogen and oxygen atoms in total. The number of hydrogen-bond acceptors (Lipinski definition) is 4. The Kier molecular flexibility index (Phi) is 4.12. The van der Waals surface area contributed by atoms with Crippen molar-refractivity contribution in [3.63, 3.8) is 0 Å². The lowest BCUT2D eigenvalue weighted by Crippen LogP contribution is -2.40. The molecule has 5 N–H and O–H groups in total. The molecule has 1 fully saturated rings. The third-order valence-corrected chi connectivity index (χ3v) is 0.949. The monoisotopic (exact) mass is 138 g/mol. The summed E-state index contributed by atoms with van der Waals surface area (Å²) in [4.78, 5) is 0. The lowest BCUT2D eigenvalue weighted by molar-refractivity contribution is 0.536. The van der Waals surface area contributed by atoms with Crippen LogP contribution in [0.4, 0.5) is 0 Å². The van der Waals surface area contributed by atoms with Crippen molar-refractivity contribution >= 4 is 12.4 Å². The number of halogens is 1. The van der Waals surface area contributed by atoms with Gasteiger partial charge in [0.1, 0.15) is 0 Å². The second-order valence-corrected chi connectivity index (χ2v) is 1.49. The standard InChI is InChI=1S/C3H10N4.ClH/c4-1-3-5-2-6-7-3;/h3,5-7H,1-2,4H2;1H. The van der Waals surface area contributed by atoms with Crippen molar-refractivity contribution in [2.24, 2.45) is 5.73 Å². The molecule has 1 heterocycles. The van der Waals surface area contributed by atoms with Gasteiger partial charge in [-0.2, -0.15) is 0 Å². The van der Waals surface area contributed by atoms with E-state index in [1.165, 1.54) is 0 Å². The molecule has 0 aromatic rings. The third-order valence-electron chi connectivity index (χ3n) is 0.949. The van der Waals surface area contributed by atoms with Gasteiger partial charge in [0.15, 0.2) is 0 Å². The Balaban J connectivity index is 0.000000490. The highest BCUT2D eigenvalue weighted by Gasteiger charge is 2.07. The third kappa shape index (κ3) is 1.94. The van der Waals surface area contributed by atoms with Crippen molar-refractivity contribution in [2.75, 3.05) is 13.2 Å². The fourth-order valence-corrected chi connectivity index (χ4v) is 0.542. The maximum absolute atomic E-state index is 5.27. The van der Waals surface area contributed by atoms with Crippen molar-refractivity contribution in [2.45, 2.75) is 6.17 Å². The van der Waals surface area contributed by atoms with Gasteiger partial charge < -0.3 is 5.73 Å². The molecule has 8 heavy (non-hydrogen) atoms. The maximum atomic E-state index is 5.27. The summed E-state index contributed by atoms with van der Waals surface area (Å²) in [6.45, 7) is 1.44. The van der Waals surface area contributed by atoms with Gasteiger partial charge in [0.25, 0.3) is 0 Å². The normalized spacial score (nSPS) is 27.4. The zero-order chi connectivity index (χ0) is 5.11. The fraction of sp³-hybridized carbons (Fsp3) is 1.00. The van der Waals surface area contributed by atoms with Gasteiger partial charge in [0.05, 0.1) is 12.8 Å². The molecule has 1 unspecified atom stereocenters. The molecular weight excluding hydrogens is 128 g/mol. The molecule has 50 valence electrons. The van der Waals surface area contributed by atoms with Crippen LogP contribution in [-0.4, -0.2) is 19.4 Å². The molecule has 0 aromatic carbocycles. The Morgan fingerprint density at radius 2 is 2.38 bits per heavy atom. The highest BCUT2D eigenvalue weighted by molar-refractivity contribution is 5.85. The minimum Gasteiger partial charge on any atom is -0.328 e. The minimum atomic E-state index is 0. The highest BCUT2D eigenvalue weighted by atomic mass is 35.5. The van der Waals surface area contributed by atoms with Crippen LogP contribution >= 0.6 is 12.4 Å². The zero-order valence-corrected chi connectivity index (χ0v) is 5.29. The van der Waals surface area contributed by atoms with Crippen molar-refractivity contribution in [3.8, 4) is 0 Å². The molecule has 1 rings (SSSR count). The Morgan fingerprint density at radius 3 is 2.62 bits per heavy atom. The van der Waals surface area contributed by atoms with E-state index in [0.29, 0.717) is 6.54 Å². The summed E-state index contributed by atoms with van der Waals surface area (Å²) >= 11 is 0. The molecule has 0 saturated carbocycles. The van der Waals surface area contributed by atoms with Gasteiger partial charge in [-0.05, 0) is 0 Å². The largest absolute Gasteiger partial charge is 0.328 e. The summed E-state index contributed by atoms with van der Waals surface area (Å²) in [7, 11) is 0. The molecule has 0 aromatic heterocycles. The molecule has 0 bridgehead atoms. The number of hydrogen-bond donors (Lipinski definition) is 4. The van der Waals surface area contributed by atoms with E-state index in [-0.39, 0.29) is 18.6 Å². The highest BCUT2D eigenvalue weighted by Crippen LogP contribution is 1.72.